The maximum Gasteiger partial charge on any atom is 0.327 e. The Morgan fingerprint density at radius 1 is 0.682 bits per heavy atom. The normalized spacial score (nSPS) is 14.3. The van der Waals surface area contributed by atoms with Crippen LogP contribution in [0.25, 0.3) is 0 Å². The van der Waals surface area contributed by atoms with Gasteiger partial charge in [-0.2, -0.15) is 12.6 Å². The molecule has 0 aliphatic rings. The van der Waals surface area contributed by atoms with Crippen molar-refractivity contribution in [3.63, 3.8) is 0 Å². The second-order valence-electron chi connectivity index (χ2n) is 10.2. The Labute approximate surface area is 261 Å². The molecule has 0 aliphatic heterocycles. The van der Waals surface area contributed by atoms with Gasteiger partial charge < -0.3 is 42.9 Å². The van der Waals surface area contributed by atoms with E-state index in [1.807, 2.05) is 6.07 Å². The first-order valence-corrected chi connectivity index (χ1v) is 14.9. The molecule has 0 aromatic heterocycles. The highest BCUT2D eigenvalue weighted by Crippen LogP contribution is 2.08. The number of carboxylic acids is 1. The second-order valence-corrected chi connectivity index (χ2v) is 10.6. The van der Waals surface area contributed by atoms with E-state index < -0.39 is 66.4 Å². The minimum Gasteiger partial charge on any atom is -0.480 e. The van der Waals surface area contributed by atoms with E-state index >= 15 is 0 Å². The van der Waals surface area contributed by atoms with E-state index in [9.17, 15) is 34.2 Å². The molecule has 0 fully saturated rings. The topological polar surface area (TPSA) is 226 Å². The molecule has 44 heavy (non-hydrogen) atoms. The van der Waals surface area contributed by atoms with Gasteiger partial charge >= 0.3 is 5.97 Å². The van der Waals surface area contributed by atoms with E-state index in [2.05, 4.69) is 33.9 Å². The molecule has 14 heteroatoms. The first kappa shape index (κ1) is 36.2. The first-order chi connectivity index (χ1) is 21.1. The predicted octanol–water partition coefficient (Wildman–Crippen LogP) is -1.13. The molecule has 2 rings (SSSR count). The van der Waals surface area contributed by atoms with Crippen LogP contribution in [-0.4, -0.2) is 88.9 Å². The predicted molar refractivity (Wildman–Crippen MR) is 167 cm³/mol. The Morgan fingerprint density at radius 2 is 1.11 bits per heavy atom. The van der Waals surface area contributed by atoms with Crippen molar-refractivity contribution >= 4 is 42.2 Å². The summed E-state index contributed by atoms with van der Waals surface area (Å²) >= 11 is 3.90. The molecule has 5 atom stereocenters. The number of rotatable bonds is 19. The van der Waals surface area contributed by atoms with E-state index in [1.54, 1.807) is 54.6 Å². The molecule has 2 aromatic carbocycles. The lowest BCUT2D eigenvalue weighted by Gasteiger charge is -2.26. The van der Waals surface area contributed by atoms with Crippen molar-refractivity contribution in [1.82, 2.24) is 21.3 Å². The summed E-state index contributed by atoms with van der Waals surface area (Å²) in [6, 6.07) is 11.7. The maximum absolute atomic E-state index is 13.7. The number of hydrogen-bond acceptors (Lipinski definition) is 9. The molecule has 2 aromatic rings. The summed E-state index contributed by atoms with van der Waals surface area (Å²) in [6.07, 6.45) is 1.83. The zero-order chi connectivity index (χ0) is 32.5. The smallest absolute Gasteiger partial charge is 0.327 e. The number of benzene rings is 2. The first-order valence-electron chi connectivity index (χ1n) is 14.3. The molecule has 0 bridgehead atoms. The third-order valence-corrected chi connectivity index (χ3v) is 7.12. The van der Waals surface area contributed by atoms with Crippen molar-refractivity contribution in [3.05, 3.63) is 71.8 Å². The van der Waals surface area contributed by atoms with Crippen molar-refractivity contribution < 1.29 is 34.2 Å². The molecular weight excluding hydrogens is 588 g/mol. The molecule has 0 radical (unpaired) electrons. The van der Waals surface area contributed by atoms with E-state index in [1.165, 1.54) is 0 Å². The summed E-state index contributed by atoms with van der Waals surface area (Å²) in [7, 11) is 0. The fraction of sp³-hybridized carbons (Fsp3) is 0.433. The molecule has 13 nitrogen and oxygen atoms in total. The maximum atomic E-state index is 13.7. The summed E-state index contributed by atoms with van der Waals surface area (Å²) in [5.74, 6) is -4.50. The number of carboxylic acid groups (broad SMARTS) is 1. The largest absolute Gasteiger partial charge is 0.480 e. The fourth-order valence-corrected chi connectivity index (χ4v) is 4.48. The molecule has 0 saturated heterocycles. The zero-order valence-electron chi connectivity index (χ0n) is 24.4. The van der Waals surface area contributed by atoms with Crippen LogP contribution < -0.4 is 32.7 Å². The van der Waals surface area contributed by atoms with Gasteiger partial charge in [-0.05, 0) is 30.5 Å². The molecule has 0 unspecified atom stereocenters. The zero-order valence-corrected chi connectivity index (χ0v) is 25.2. The molecule has 240 valence electrons. The van der Waals surface area contributed by atoms with Gasteiger partial charge in [-0.25, -0.2) is 4.79 Å². The molecule has 10 N–H and O–H groups in total. The number of aliphatic hydroxyl groups excluding tert-OH is 1. The average molecular weight is 631 g/mol. The molecule has 0 aliphatic carbocycles. The summed E-state index contributed by atoms with van der Waals surface area (Å²) < 4.78 is 0. The second kappa shape index (κ2) is 19.3. The van der Waals surface area contributed by atoms with E-state index in [4.69, 9.17) is 11.5 Å². The number of hydrogen-bond donors (Lipinski definition) is 9. The summed E-state index contributed by atoms with van der Waals surface area (Å²) in [6.45, 7) is -0.371. The minimum absolute atomic E-state index is 0.0111. The van der Waals surface area contributed by atoms with Crippen molar-refractivity contribution in [3.8, 4) is 0 Å². The number of carbonyl (C=O) groups is 5. The van der Waals surface area contributed by atoms with Crippen LogP contribution in [0.2, 0.25) is 0 Å². The number of carbonyl (C=O) groups excluding carboxylic acids is 4. The molecule has 0 saturated carbocycles. The Hall–Kier alpha value is -3.98. The van der Waals surface area contributed by atoms with Crippen molar-refractivity contribution in [2.45, 2.75) is 62.3 Å². The van der Waals surface area contributed by atoms with Crippen molar-refractivity contribution in [2.75, 3.05) is 18.9 Å². The van der Waals surface area contributed by atoms with Gasteiger partial charge in [-0.3, -0.25) is 19.2 Å². The number of nitrogens with two attached hydrogens (primary N) is 2. The quantitative estimate of drug-likeness (QED) is 0.0675. The Kier molecular flexibility index (Phi) is 15.9. The lowest BCUT2D eigenvalue weighted by molar-refractivity contribution is -0.142. The fourth-order valence-electron chi connectivity index (χ4n) is 4.23. The summed E-state index contributed by atoms with van der Waals surface area (Å²) in [5.41, 5.74) is 13.0. The van der Waals surface area contributed by atoms with Gasteiger partial charge in [-0.1, -0.05) is 67.1 Å². The Bertz CT molecular complexity index is 1220. The highest BCUT2D eigenvalue weighted by molar-refractivity contribution is 7.80. The van der Waals surface area contributed by atoms with Gasteiger partial charge in [0.2, 0.25) is 23.6 Å². The Balaban J connectivity index is 2.28. The highest BCUT2D eigenvalue weighted by atomic mass is 32.1. The highest BCUT2D eigenvalue weighted by Gasteiger charge is 2.31. The van der Waals surface area contributed by atoms with Crippen LogP contribution in [-0.2, 0) is 36.8 Å². The van der Waals surface area contributed by atoms with Crippen LogP contribution in [0.1, 0.15) is 30.4 Å². The molecular formula is C30H42N6O7S. The average Bonchev–Trinajstić information content (AvgIpc) is 3.02. The van der Waals surface area contributed by atoms with Crippen LogP contribution in [0, 0.1) is 0 Å². The molecule has 0 spiro atoms. The van der Waals surface area contributed by atoms with Crippen LogP contribution >= 0.6 is 12.6 Å². The van der Waals surface area contributed by atoms with Crippen LogP contribution in [0.4, 0.5) is 0 Å². The van der Waals surface area contributed by atoms with Crippen LogP contribution in [0.5, 0.6) is 0 Å². The standard InChI is InChI=1S/C30H42N6O7S/c31-14-8-7-13-21(32)26(38)33-22(15-19-9-3-1-4-10-19)27(39)34-23(16-20-11-5-2-6-12-20)28(40)35-24(17-37)29(41)36-25(18-44)30(42)43/h1-6,9-12,21-25,37,44H,7-8,13-18,31-32H2,(H,33,38)(H,34,39)(H,35,40)(H,36,41)(H,42,43)/t21-,22-,23-,24-,25-/m0/s1. The lowest BCUT2D eigenvalue weighted by atomic mass is 10.0. The third-order valence-electron chi connectivity index (χ3n) is 6.75. The lowest BCUT2D eigenvalue weighted by Crippen LogP contribution is -2.60. The third kappa shape index (κ3) is 12.3. The number of nitrogens with one attached hydrogen (secondary N) is 4. The monoisotopic (exact) mass is 630 g/mol. The van der Waals surface area contributed by atoms with Gasteiger partial charge in [0.15, 0.2) is 0 Å². The van der Waals surface area contributed by atoms with Crippen molar-refractivity contribution in [1.29, 1.82) is 0 Å². The molecule has 0 heterocycles. The van der Waals surface area contributed by atoms with Gasteiger partial charge in [0.1, 0.15) is 24.2 Å². The number of amides is 4. The number of thiol groups is 1. The number of aliphatic carboxylic acids is 1. The van der Waals surface area contributed by atoms with E-state index in [0.29, 0.717) is 31.4 Å². The number of unbranched alkanes of at least 4 members (excludes halogenated alkanes) is 1. The minimum atomic E-state index is -1.51. The molecule has 4 amide bonds. The summed E-state index contributed by atoms with van der Waals surface area (Å²) in [5, 5.41) is 29.0. The van der Waals surface area contributed by atoms with Gasteiger partial charge in [0.25, 0.3) is 0 Å². The van der Waals surface area contributed by atoms with E-state index in [0.717, 1.165) is 5.56 Å². The summed E-state index contributed by atoms with van der Waals surface area (Å²) in [4.78, 5) is 64.0. The van der Waals surface area contributed by atoms with Gasteiger partial charge in [0, 0.05) is 18.6 Å². The van der Waals surface area contributed by atoms with Gasteiger partial charge in [0.05, 0.1) is 12.6 Å². The van der Waals surface area contributed by atoms with Crippen LogP contribution in [0.3, 0.4) is 0 Å². The SMILES string of the molecule is NCCCC[C@H](N)C(=O)N[C@@H](Cc1ccccc1)C(=O)N[C@@H](Cc1ccccc1)C(=O)N[C@@H](CO)C(=O)N[C@@H](CS)C(=O)O. The van der Waals surface area contributed by atoms with Gasteiger partial charge in [-0.15, -0.1) is 0 Å². The van der Waals surface area contributed by atoms with Crippen molar-refractivity contribution in [2.24, 2.45) is 11.5 Å². The number of aliphatic hydroxyl groups is 1. The van der Waals surface area contributed by atoms with Crippen LogP contribution in [0.15, 0.2) is 60.7 Å². The van der Waals surface area contributed by atoms with E-state index in [-0.39, 0.29) is 18.6 Å². The Morgan fingerprint density at radius 3 is 1.55 bits per heavy atom.